The van der Waals surface area contributed by atoms with E-state index in [0.717, 1.165) is 0 Å². The van der Waals surface area contributed by atoms with Crippen LogP contribution in [0.2, 0.25) is 5.02 Å². The molecule has 0 spiro atoms. The van der Waals surface area contributed by atoms with Gasteiger partial charge in [-0.3, -0.25) is 4.79 Å². The molecule has 0 amide bonds. The maximum Gasteiger partial charge on any atom is 0.210 e. The van der Waals surface area contributed by atoms with Crippen molar-refractivity contribution in [2.75, 3.05) is 5.73 Å². The molecule has 0 aliphatic rings. The van der Waals surface area contributed by atoms with E-state index in [2.05, 4.69) is 0 Å². The summed E-state index contributed by atoms with van der Waals surface area (Å²) in [5, 5.41) is 0.381. The van der Waals surface area contributed by atoms with Crippen LogP contribution in [0.3, 0.4) is 0 Å². The van der Waals surface area contributed by atoms with Gasteiger partial charge in [-0.2, -0.15) is 0 Å². The van der Waals surface area contributed by atoms with Crippen LogP contribution in [0.4, 0.5) is 5.69 Å². The predicted molar refractivity (Wildman–Crippen MR) is 64.7 cm³/mol. The first kappa shape index (κ1) is 10.8. The normalized spacial score (nSPS) is 10.4. The Kier molecular flexibility index (Phi) is 2.71. The highest BCUT2D eigenvalue weighted by atomic mass is 35.5. The van der Waals surface area contributed by atoms with Crippen molar-refractivity contribution in [1.82, 2.24) is 4.57 Å². The first-order valence-corrected chi connectivity index (χ1v) is 5.18. The summed E-state index contributed by atoms with van der Waals surface area (Å²) in [6, 6.07) is 8.47. The van der Waals surface area contributed by atoms with Crippen LogP contribution >= 0.6 is 11.6 Å². The van der Waals surface area contributed by atoms with Crippen LogP contribution in [0.1, 0.15) is 16.1 Å². The molecular weight excluding hydrogens is 224 g/mol. The minimum Gasteiger partial charge on any atom is -0.399 e. The van der Waals surface area contributed by atoms with E-state index in [1.54, 1.807) is 28.8 Å². The highest BCUT2D eigenvalue weighted by molar-refractivity contribution is 6.35. The van der Waals surface area contributed by atoms with Gasteiger partial charge in [-0.25, -0.2) is 0 Å². The molecule has 1 heterocycles. The van der Waals surface area contributed by atoms with Gasteiger partial charge in [-0.05, 0) is 30.3 Å². The molecule has 0 fully saturated rings. The number of hydrogen-bond donors (Lipinski definition) is 1. The molecule has 1 aromatic carbocycles. The maximum atomic E-state index is 12.1. The lowest BCUT2D eigenvalue weighted by Gasteiger charge is -2.05. The Morgan fingerprint density at radius 3 is 2.69 bits per heavy atom. The average molecular weight is 235 g/mol. The Morgan fingerprint density at radius 1 is 1.38 bits per heavy atom. The van der Waals surface area contributed by atoms with E-state index in [1.807, 2.05) is 19.3 Å². The molecule has 0 radical (unpaired) electrons. The van der Waals surface area contributed by atoms with Crippen LogP contribution in [0, 0.1) is 0 Å². The third-order valence-corrected chi connectivity index (χ3v) is 2.73. The predicted octanol–water partition coefficient (Wildman–Crippen LogP) is 2.49. The molecule has 4 heteroatoms. The summed E-state index contributed by atoms with van der Waals surface area (Å²) in [7, 11) is 1.82. The Labute approximate surface area is 98.4 Å². The number of carbonyl (C=O) groups is 1. The van der Waals surface area contributed by atoms with E-state index in [0.29, 0.717) is 22.0 Å². The van der Waals surface area contributed by atoms with Crippen LogP contribution < -0.4 is 5.73 Å². The molecule has 2 aromatic rings. The van der Waals surface area contributed by atoms with Crippen LogP contribution in [-0.4, -0.2) is 10.4 Å². The molecule has 3 nitrogen and oxygen atoms in total. The zero-order valence-electron chi connectivity index (χ0n) is 8.77. The minimum absolute atomic E-state index is 0.0995. The van der Waals surface area contributed by atoms with E-state index in [-0.39, 0.29) is 5.78 Å². The molecule has 1 aromatic heterocycles. The fourth-order valence-corrected chi connectivity index (χ4v) is 1.83. The standard InChI is InChI=1S/C12H11ClN2O/c1-15-6-2-3-11(15)12(16)9-5-4-8(14)7-10(9)13/h2-7H,14H2,1H3. The van der Waals surface area contributed by atoms with Gasteiger partial charge >= 0.3 is 0 Å². The van der Waals surface area contributed by atoms with Crippen molar-refractivity contribution in [1.29, 1.82) is 0 Å². The molecule has 0 aliphatic carbocycles. The zero-order chi connectivity index (χ0) is 11.7. The SMILES string of the molecule is Cn1cccc1C(=O)c1ccc(N)cc1Cl. The molecule has 0 aliphatic heterocycles. The van der Waals surface area contributed by atoms with Gasteiger partial charge in [0.05, 0.1) is 10.7 Å². The summed E-state index contributed by atoms with van der Waals surface area (Å²) in [5.41, 5.74) is 7.20. The molecule has 0 bridgehead atoms. The first-order valence-electron chi connectivity index (χ1n) is 4.80. The van der Waals surface area contributed by atoms with Crippen LogP contribution in [0.15, 0.2) is 36.5 Å². The lowest BCUT2D eigenvalue weighted by atomic mass is 10.1. The second-order valence-electron chi connectivity index (χ2n) is 3.57. The van der Waals surface area contributed by atoms with Crippen LogP contribution in [0.25, 0.3) is 0 Å². The first-order chi connectivity index (χ1) is 7.59. The Hall–Kier alpha value is -1.74. The van der Waals surface area contributed by atoms with Crippen molar-refractivity contribution in [3.63, 3.8) is 0 Å². The van der Waals surface area contributed by atoms with Crippen molar-refractivity contribution in [3.05, 3.63) is 52.8 Å². The molecule has 2 rings (SSSR count). The highest BCUT2D eigenvalue weighted by Crippen LogP contribution is 2.22. The fraction of sp³-hybridized carbons (Fsp3) is 0.0833. The van der Waals surface area contributed by atoms with E-state index < -0.39 is 0 Å². The van der Waals surface area contributed by atoms with Crippen molar-refractivity contribution >= 4 is 23.1 Å². The van der Waals surface area contributed by atoms with Gasteiger partial charge in [-0.15, -0.1) is 0 Å². The van der Waals surface area contributed by atoms with Gasteiger partial charge in [0.2, 0.25) is 5.78 Å². The smallest absolute Gasteiger partial charge is 0.210 e. The summed E-state index contributed by atoms with van der Waals surface area (Å²) in [6.45, 7) is 0. The summed E-state index contributed by atoms with van der Waals surface area (Å²) >= 11 is 5.98. The number of nitrogens with two attached hydrogens (primary N) is 1. The minimum atomic E-state index is -0.0995. The van der Waals surface area contributed by atoms with Gasteiger partial charge < -0.3 is 10.3 Å². The van der Waals surface area contributed by atoms with Crippen LogP contribution in [-0.2, 0) is 7.05 Å². The fourth-order valence-electron chi connectivity index (χ4n) is 1.55. The monoisotopic (exact) mass is 234 g/mol. The van der Waals surface area contributed by atoms with E-state index in [9.17, 15) is 4.79 Å². The average Bonchev–Trinajstić information content (AvgIpc) is 2.63. The number of benzene rings is 1. The number of hydrogen-bond acceptors (Lipinski definition) is 2. The molecule has 0 unspecified atom stereocenters. The summed E-state index contributed by atoms with van der Waals surface area (Å²) in [5.74, 6) is -0.0995. The molecule has 0 saturated heterocycles. The lowest BCUT2D eigenvalue weighted by Crippen LogP contribution is -2.07. The third-order valence-electron chi connectivity index (χ3n) is 2.41. The van der Waals surface area contributed by atoms with E-state index in [4.69, 9.17) is 17.3 Å². The van der Waals surface area contributed by atoms with Crippen molar-refractivity contribution in [2.45, 2.75) is 0 Å². The number of nitrogens with zero attached hydrogens (tertiary/aromatic N) is 1. The van der Waals surface area contributed by atoms with Crippen molar-refractivity contribution in [2.24, 2.45) is 7.05 Å². The molecule has 2 N–H and O–H groups in total. The van der Waals surface area contributed by atoms with Gasteiger partial charge in [0.1, 0.15) is 0 Å². The summed E-state index contributed by atoms with van der Waals surface area (Å²) < 4.78 is 1.76. The Balaban J connectivity index is 2.46. The number of ketones is 1. The van der Waals surface area contributed by atoms with Gasteiger partial charge in [0.15, 0.2) is 0 Å². The topological polar surface area (TPSA) is 48.0 Å². The number of rotatable bonds is 2. The number of halogens is 1. The summed E-state index contributed by atoms with van der Waals surface area (Å²) in [4.78, 5) is 12.1. The molecule has 82 valence electrons. The zero-order valence-corrected chi connectivity index (χ0v) is 9.53. The molecule has 0 atom stereocenters. The second kappa shape index (κ2) is 4.02. The molecule has 16 heavy (non-hydrogen) atoms. The number of anilines is 1. The Morgan fingerprint density at radius 2 is 2.12 bits per heavy atom. The second-order valence-corrected chi connectivity index (χ2v) is 3.98. The largest absolute Gasteiger partial charge is 0.399 e. The Bertz CT molecular complexity index is 546. The number of aromatic nitrogens is 1. The van der Waals surface area contributed by atoms with Crippen molar-refractivity contribution in [3.8, 4) is 0 Å². The highest BCUT2D eigenvalue weighted by Gasteiger charge is 2.14. The summed E-state index contributed by atoms with van der Waals surface area (Å²) in [6.07, 6.45) is 1.82. The lowest BCUT2D eigenvalue weighted by molar-refractivity contribution is 0.103. The van der Waals surface area contributed by atoms with Crippen LogP contribution in [0.5, 0.6) is 0 Å². The number of carbonyl (C=O) groups excluding carboxylic acids is 1. The van der Waals surface area contributed by atoms with Gasteiger partial charge in [0.25, 0.3) is 0 Å². The third kappa shape index (κ3) is 1.82. The van der Waals surface area contributed by atoms with Crippen molar-refractivity contribution < 1.29 is 4.79 Å². The maximum absolute atomic E-state index is 12.1. The molecule has 0 saturated carbocycles. The van der Waals surface area contributed by atoms with Gasteiger partial charge in [0, 0.05) is 24.5 Å². The van der Waals surface area contributed by atoms with E-state index in [1.165, 1.54) is 0 Å². The van der Waals surface area contributed by atoms with E-state index >= 15 is 0 Å². The molecular formula is C12H11ClN2O. The van der Waals surface area contributed by atoms with Gasteiger partial charge in [-0.1, -0.05) is 11.6 Å². The number of nitrogen functional groups attached to an aromatic ring is 1. The number of aryl methyl sites for hydroxylation is 1. The quantitative estimate of drug-likeness (QED) is 0.641.